The highest BCUT2D eigenvalue weighted by Crippen LogP contribution is 2.27. The van der Waals surface area contributed by atoms with Crippen LogP contribution in [0.4, 0.5) is 5.00 Å². The van der Waals surface area contributed by atoms with Crippen LogP contribution in [-0.4, -0.2) is 20.7 Å². The topological polar surface area (TPSA) is 59.8 Å². The number of nitrogens with zero attached hydrogens (tertiary/aromatic N) is 3. The van der Waals surface area contributed by atoms with Crippen molar-refractivity contribution in [2.24, 2.45) is 7.05 Å². The molecular weight excluding hydrogens is 376 g/mol. The number of carbonyl (C=O) groups is 1. The van der Waals surface area contributed by atoms with Crippen LogP contribution in [0.5, 0.6) is 0 Å². The maximum absolute atomic E-state index is 12.3. The van der Waals surface area contributed by atoms with E-state index in [4.69, 9.17) is 0 Å². The molecule has 0 aliphatic carbocycles. The average Bonchev–Trinajstić information content (AvgIpc) is 3.05. The highest BCUT2D eigenvalue weighted by molar-refractivity contribution is 9.10. The number of nitrogens with one attached hydrogen (secondary N) is 1. The average molecular weight is 391 g/mol. The molecule has 0 aliphatic heterocycles. The number of benzene rings is 1. The number of hydrogen-bond donors (Lipinski definition) is 1. The van der Waals surface area contributed by atoms with E-state index < -0.39 is 0 Å². The molecule has 23 heavy (non-hydrogen) atoms. The number of hydrogen-bond acceptors (Lipinski definition) is 4. The Bertz CT molecular complexity index is 855. The van der Waals surface area contributed by atoms with Gasteiger partial charge in [-0.25, -0.2) is 4.98 Å². The third-order valence-corrected chi connectivity index (χ3v) is 4.93. The summed E-state index contributed by atoms with van der Waals surface area (Å²) in [7, 11) is 1.74. The molecule has 2 aromatic heterocycles. The molecule has 0 saturated heterocycles. The van der Waals surface area contributed by atoms with E-state index in [-0.39, 0.29) is 5.91 Å². The molecule has 0 atom stereocenters. The van der Waals surface area contributed by atoms with Gasteiger partial charge in [0.2, 0.25) is 0 Å². The summed E-state index contributed by atoms with van der Waals surface area (Å²) in [5.41, 5.74) is 2.53. The lowest BCUT2D eigenvalue weighted by molar-refractivity contribution is 0.101. The fraction of sp³-hybridized carbons (Fsp3) is 0.188. The standard InChI is InChI=1S/C16H15BrN4OS/c1-10-16(20-15(22)13-6-7-18-21(13)2)23-14(19-10)9-11-4-3-5-12(17)8-11/h3-8H,9H2,1-2H3,(H,20,22). The maximum atomic E-state index is 12.3. The maximum Gasteiger partial charge on any atom is 0.274 e. The Balaban J connectivity index is 1.76. The van der Waals surface area contributed by atoms with Crippen molar-refractivity contribution in [3.63, 3.8) is 0 Å². The Morgan fingerprint density at radius 3 is 2.91 bits per heavy atom. The van der Waals surface area contributed by atoms with E-state index in [1.165, 1.54) is 16.9 Å². The van der Waals surface area contributed by atoms with E-state index in [9.17, 15) is 4.79 Å². The minimum absolute atomic E-state index is 0.175. The van der Waals surface area contributed by atoms with Crippen LogP contribution in [-0.2, 0) is 13.5 Å². The number of thiazole rings is 1. The van der Waals surface area contributed by atoms with Crippen LogP contribution < -0.4 is 5.32 Å². The Labute approximate surface area is 146 Å². The number of halogens is 1. The molecule has 0 aliphatic rings. The van der Waals surface area contributed by atoms with Gasteiger partial charge >= 0.3 is 0 Å². The molecule has 0 unspecified atom stereocenters. The molecule has 0 bridgehead atoms. The van der Waals surface area contributed by atoms with E-state index >= 15 is 0 Å². The lowest BCUT2D eigenvalue weighted by Crippen LogP contribution is -2.15. The fourth-order valence-electron chi connectivity index (χ4n) is 2.23. The fourth-order valence-corrected chi connectivity index (χ4v) is 3.67. The number of anilines is 1. The van der Waals surface area contributed by atoms with Crippen LogP contribution in [0.1, 0.15) is 26.8 Å². The highest BCUT2D eigenvalue weighted by atomic mass is 79.9. The first kappa shape index (κ1) is 15.9. The second-order valence-electron chi connectivity index (χ2n) is 5.12. The minimum Gasteiger partial charge on any atom is -0.311 e. The molecule has 118 valence electrons. The summed E-state index contributed by atoms with van der Waals surface area (Å²) in [6.45, 7) is 1.90. The first-order valence-electron chi connectivity index (χ1n) is 7.03. The van der Waals surface area contributed by atoms with Crippen LogP contribution in [0.25, 0.3) is 0 Å². The Hall–Kier alpha value is -1.99. The Kier molecular flexibility index (Phi) is 4.58. The van der Waals surface area contributed by atoms with E-state index in [0.29, 0.717) is 5.69 Å². The van der Waals surface area contributed by atoms with Crippen molar-refractivity contribution in [1.29, 1.82) is 0 Å². The molecule has 0 spiro atoms. The van der Waals surface area contributed by atoms with Gasteiger partial charge in [0, 0.05) is 24.1 Å². The predicted molar refractivity (Wildman–Crippen MR) is 95.0 cm³/mol. The lowest BCUT2D eigenvalue weighted by atomic mass is 10.2. The van der Waals surface area contributed by atoms with Crippen LogP contribution in [0, 0.1) is 6.92 Å². The summed E-state index contributed by atoms with van der Waals surface area (Å²) in [6, 6.07) is 9.83. The first-order chi connectivity index (χ1) is 11.0. The molecule has 1 N–H and O–H groups in total. The Morgan fingerprint density at radius 1 is 1.39 bits per heavy atom. The number of aromatic nitrogens is 3. The van der Waals surface area contributed by atoms with Gasteiger partial charge in [0.1, 0.15) is 10.7 Å². The largest absolute Gasteiger partial charge is 0.311 e. The zero-order valence-electron chi connectivity index (χ0n) is 12.7. The number of amides is 1. The van der Waals surface area contributed by atoms with Crippen molar-refractivity contribution in [2.45, 2.75) is 13.3 Å². The molecule has 1 aromatic carbocycles. The van der Waals surface area contributed by atoms with E-state index in [0.717, 1.165) is 26.6 Å². The van der Waals surface area contributed by atoms with Crippen molar-refractivity contribution in [3.05, 3.63) is 63.0 Å². The monoisotopic (exact) mass is 390 g/mol. The summed E-state index contributed by atoms with van der Waals surface area (Å²) >= 11 is 4.98. The number of rotatable bonds is 4. The van der Waals surface area contributed by atoms with Crippen molar-refractivity contribution >= 4 is 38.2 Å². The zero-order valence-corrected chi connectivity index (χ0v) is 15.1. The quantitative estimate of drug-likeness (QED) is 0.736. The molecule has 1 amide bonds. The number of aryl methyl sites for hydroxylation is 2. The van der Waals surface area contributed by atoms with Crippen molar-refractivity contribution in [1.82, 2.24) is 14.8 Å². The third kappa shape index (κ3) is 3.68. The highest BCUT2D eigenvalue weighted by Gasteiger charge is 2.14. The van der Waals surface area contributed by atoms with Gasteiger partial charge < -0.3 is 5.32 Å². The smallest absolute Gasteiger partial charge is 0.274 e. The van der Waals surface area contributed by atoms with Gasteiger partial charge in [-0.3, -0.25) is 9.48 Å². The SMILES string of the molecule is Cc1nc(Cc2cccc(Br)c2)sc1NC(=O)c1ccnn1C. The minimum atomic E-state index is -0.175. The number of carbonyl (C=O) groups excluding carboxylic acids is 1. The predicted octanol–water partition coefficient (Wildman–Crippen LogP) is 3.79. The summed E-state index contributed by atoms with van der Waals surface area (Å²) < 4.78 is 2.60. The van der Waals surface area contributed by atoms with Crippen LogP contribution in [0.3, 0.4) is 0 Å². The van der Waals surface area contributed by atoms with Gasteiger partial charge in [-0.1, -0.05) is 28.1 Å². The summed E-state index contributed by atoms with van der Waals surface area (Å²) in [6.07, 6.45) is 2.35. The van der Waals surface area contributed by atoms with Gasteiger partial charge in [-0.2, -0.15) is 5.10 Å². The first-order valence-corrected chi connectivity index (χ1v) is 8.64. The molecule has 0 saturated carbocycles. The van der Waals surface area contributed by atoms with Crippen LogP contribution in [0.2, 0.25) is 0 Å². The molecule has 0 radical (unpaired) electrons. The second kappa shape index (κ2) is 6.64. The van der Waals surface area contributed by atoms with Gasteiger partial charge in [0.15, 0.2) is 0 Å². The zero-order chi connectivity index (χ0) is 16.4. The van der Waals surface area contributed by atoms with Crippen LogP contribution in [0.15, 0.2) is 41.0 Å². The molecular formula is C16H15BrN4OS. The van der Waals surface area contributed by atoms with Gasteiger partial charge in [0.25, 0.3) is 5.91 Å². The lowest BCUT2D eigenvalue weighted by Gasteiger charge is -2.03. The van der Waals surface area contributed by atoms with Gasteiger partial charge in [-0.15, -0.1) is 11.3 Å². The summed E-state index contributed by atoms with van der Waals surface area (Å²) in [5, 5.41) is 8.68. The van der Waals surface area contributed by atoms with Crippen molar-refractivity contribution < 1.29 is 4.79 Å². The van der Waals surface area contributed by atoms with E-state index in [2.05, 4.69) is 43.5 Å². The second-order valence-corrected chi connectivity index (χ2v) is 7.12. The van der Waals surface area contributed by atoms with E-state index in [1.807, 2.05) is 19.1 Å². The molecule has 3 aromatic rings. The molecule has 5 nitrogen and oxygen atoms in total. The van der Waals surface area contributed by atoms with Crippen molar-refractivity contribution in [2.75, 3.05) is 5.32 Å². The third-order valence-electron chi connectivity index (χ3n) is 3.37. The Morgan fingerprint density at radius 2 is 2.22 bits per heavy atom. The summed E-state index contributed by atoms with van der Waals surface area (Å²) in [5.74, 6) is -0.175. The molecule has 3 rings (SSSR count). The molecule has 7 heteroatoms. The van der Waals surface area contributed by atoms with Crippen LogP contribution >= 0.6 is 27.3 Å². The summed E-state index contributed by atoms with van der Waals surface area (Å²) in [4.78, 5) is 16.8. The van der Waals surface area contributed by atoms with Gasteiger partial charge in [0.05, 0.1) is 10.7 Å². The molecule has 0 fully saturated rings. The van der Waals surface area contributed by atoms with Crippen molar-refractivity contribution in [3.8, 4) is 0 Å². The van der Waals surface area contributed by atoms with Gasteiger partial charge in [-0.05, 0) is 30.7 Å². The van der Waals surface area contributed by atoms with E-state index in [1.54, 1.807) is 24.0 Å². The molecule has 2 heterocycles. The normalized spacial score (nSPS) is 10.7.